The van der Waals surface area contributed by atoms with Gasteiger partial charge in [-0.25, -0.2) is 8.42 Å². The van der Waals surface area contributed by atoms with Crippen LogP contribution >= 0.6 is 0 Å². The maximum absolute atomic E-state index is 13.5. The highest BCUT2D eigenvalue weighted by Crippen LogP contribution is 2.35. The molecular formula is C23H23NO4S. The number of terminal acetylenes is 1. The lowest BCUT2D eigenvalue weighted by Crippen LogP contribution is -2.35. The van der Waals surface area contributed by atoms with Gasteiger partial charge in [0.05, 0.1) is 18.6 Å². The average Bonchev–Trinajstić information content (AvgIpc) is 3.14. The molecule has 0 aliphatic heterocycles. The number of aryl methyl sites for hydroxylation is 2. The van der Waals surface area contributed by atoms with Crippen molar-refractivity contribution >= 4 is 10.0 Å². The van der Waals surface area contributed by atoms with Crippen molar-refractivity contribution in [1.82, 2.24) is 4.31 Å². The molecule has 0 radical (unpaired) electrons. The summed E-state index contributed by atoms with van der Waals surface area (Å²) >= 11 is 0. The van der Waals surface area contributed by atoms with Crippen LogP contribution in [0.1, 0.15) is 28.7 Å². The molecule has 1 aromatic heterocycles. The third kappa shape index (κ3) is 4.37. The van der Waals surface area contributed by atoms with Crippen LogP contribution in [0.3, 0.4) is 0 Å². The molecule has 0 saturated carbocycles. The zero-order valence-corrected chi connectivity index (χ0v) is 17.4. The summed E-state index contributed by atoms with van der Waals surface area (Å²) in [5, 5.41) is 0. The van der Waals surface area contributed by atoms with Crippen molar-refractivity contribution in [3.8, 4) is 18.1 Å². The Morgan fingerprint density at radius 2 is 1.69 bits per heavy atom. The third-order valence-electron chi connectivity index (χ3n) is 4.62. The van der Waals surface area contributed by atoms with Crippen molar-refractivity contribution in [2.45, 2.75) is 24.8 Å². The summed E-state index contributed by atoms with van der Waals surface area (Å²) in [7, 11) is -2.30. The molecule has 6 heteroatoms. The van der Waals surface area contributed by atoms with E-state index in [1.807, 2.05) is 26.0 Å². The Kier molecular flexibility index (Phi) is 6.12. The largest absolute Gasteiger partial charge is 0.497 e. The molecule has 2 aromatic carbocycles. The molecule has 0 aliphatic carbocycles. The van der Waals surface area contributed by atoms with Gasteiger partial charge in [-0.05, 0) is 55.8 Å². The Labute approximate surface area is 172 Å². The van der Waals surface area contributed by atoms with Crippen LogP contribution in [-0.2, 0) is 10.0 Å². The van der Waals surface area contributed by atoms with E-state index < -0.39 is 16.1 Å². The van der Waals surface area contributed by atoms with Gasteiger partial charge in [-0.1, -0.05) is 35.7 Å². The van der Waals surface area contributed by atoms with Gasteiger partial charge in [0.1, 0.15) is 23.3 Å². The van der Waals surface area contributed by atoms with Gasteiger partial charge < -0.3 is 9.15 Å². The Hall–Kier alpha value is -3.01. The molecule has 0 saturated heterocycles. The molecule has 0 bridgehead atoms. The van der Waals surface area contributed by atoms with Crippen molar-refractivity contribution in [1.29, 1.82) is 0 Å². The molecule has 0 aliphatic rings. The first-order valence-corrected chi connectivity index (χ1v) is 10.5. The Morgan fingerprint density at radius 3 is 2.21 bits per heavy atom. The van der Waals surface area contributed by atoms with Crippen LogP contribution in [0.4, 0.5) is 0 Å². The zero-order chi connectivity index (χ0) is 21.0. The highest BCUT2D eigenvalue weighted by molar-refractivity contribution is 7.89. The lowest BCUT2D eigenvalue weighted by Gasteiger charge is -2.28. The normalized spacial score (nSPS) is 12.5. The molecule has 1 unspecified atom stereocenters. The van der Waals surface area contributed by atoms with E-state index in [1.54, 1.807) is 55.6 Å². The van der Waals surface area contributed by atoms with E-state index in [1.165, 1.54) is 4.31 Å². The van der Waals surface area contributed by atoms with Gasteiger partial charge in [0, 0.05) is 0 Å². The fourth-order valence-electron chi connectivity index (χ4n) is 3.11. The molecule has 5 nitrogen and oxygen atoms in total. The summed E-state index contributed by atoms with van der Waals surface area (Å²) in [6.07, 6.45) is 5.57. The van der Waals surface area contributed by atoms with Gasteiger partial charge in [0.25, 0.3) is 0 Å². The highest BCUT2D eigenvalue weighted by Gasteiger charge is 2.35. The van der Waals surface area contributed by atoms with Crippen molar-refractivity contribution in [2.75, 3.05) is 13.7 Å². The Balaban J connectivity index is 2.16. The number of furan rings is 1. The van der Waals surface area contributed by atoms with Gasteiger partial charge in [-0.15, -0.1) is 6.42 Å². The number of benzene rings is 2. The first kappa shape index (κ1) is 20.7. The number of nitrogens with zero attached hydrogens (tertiary/aromatic N) is 1. The number of rotatable bonds is 7. The van der Waals surface area contributed by atoms with Crippen molar-refractivity contribution < 1.29 is 17.6 Å². The van der Waals surface area contributed by atoms with Crippen LogP contribution < -0.4 is 4.74 Å². The predicted molar refractivity (Wildman–Crippen MR) is 112 cm³/mol. The maximum Gasteiger partial charge on any atom is 0.244 e. The summed E-state index contributed by atoms with van der Waals surface area (Å²) in [6.45, 7) is 3.61. The minimum Gasteiger partial charge on any atom is -0.497 e. The zero-order valence-electron chi connectivity index (χ0n) is 16.6. The molecule has 0 fully saturated rings. The lowest BCUT2D eigenvalue weighted by atomic mass is 10.0. The van der Waals surface area contributed by atoms with Crippen LogP contribution in [0.25, 0.3) is 0 Å². The number of methoxy groups -OCH3 is 1. The van der Waals surface area contributed by atoms with E-state index in [2.05, 4.69) is 5.92 Å². The van der Waals surface area contributed by atoms with Gasteiger partial charge in [0.2, 0.25) is 10.0 Å². The van der Waals surface area contributed by atoms with E-state index in [-0.39, 0.29) is 11.4 Å². The molecule has 29 heavy (non-hydrogen) atoms. The predicted octanol–water partition coefficient (Wildman–Crippen LogP) is 4.32. The molecule has 150 valence electrons. The summed E-state index contributed by atoms with van der Waals surface area (Å²) in [4.78, 5) is 0.181. The first-order chi connectivity index (χ1) is 13.9. The second-order valence-electron chi connectivity index (χ2n) is 6.69. The second-order valence-corrected chi connectivity index (χ2v) is 8.58. The Morgan fingerprint density at radius 1 is 1.03 bits per heavy atom. The average molecular weight is 410 g/mol. The van der Waals surface area contributed by atoms with E-state index in [0.29, 0.717) is 17.3 Å². The monoisotopic (exact) mass is 409 g/mol. The third-order valence-corrected chi connectivity index (χ3v) is 6.45. The molecule has 0 amide bonds. The van der Waals surface area contributed by atoms with Crippen LogP contribution in [0, 0.1) is 26.2 Å². The summed E-state index contributed by atoms with van der Waals surface area (Å²) in [5.41, 5.74) is 1.70. The highest BCUT2D eigenvalue weighted by atomic mass is 32.2. The molecule has 3 rings (SSSR count). The van der Waals surface area contributed by atoms with Crippen LogP contribution in [0.2, 0.25) is 0 Å². The topological polar surface area (TPSA) is 59.8 Å². The van der Waals surface area contributed by atoms with E-state index in [4.69, 9.17) is 15.6 Å². The molecule has 0 N–H and O–H groups in total. The van der Waals surface area contributed by atoms with Gasteiger partial charge >= 0.3 is 0 Å². The summed E-state index contributed by atoms with van der Waals surface area (Å²) in [6, 6.07) is 16.8. The van der Waals surface area contributed by atoms with Crippen LogP contribution in [0.5, 0.6) is 5.75 Å². The quantitative estimate of drug-likeness (QED) is 0.546. The molecule has 0 spiro atoms. The standard InChI is InChI=1S/C23H23NO4S/c1-5-16-24(29(25,26)21-13-6-17(2)7-14-21)23(22-15-8-18(3)28-22)19-9-11-20(27-4)12-10-19/h1,6-15,23H,16H2,2-4H3. The van der Waals surface area contributed by atoms with Crippen LogP contribution in [0.15, 0.2) is 70.0 Å². The van der Waals surface area contributed by atoms with Gasteiger partial charge in [-0.3, -0.25) is 0 Å². The van der Waals surface area contributed by atoms with E-state index >= 15 is 0 Å². The van der Waals surface area contributed by atoms with Crippen molar-refractivity contribution in [2.24, 2.45) is 0 Å². The summed E-state index contributed by atoms with van der Waals surface area (Å²) in [5.74, 6) is 4.34. The molecule has 1 atom stereocenters. The smallest absolute Gasteiger partial charge is 0.244 e. The Bertz CT molecular complexity index is 1110. The number of sulfonamides is 1. The molecule has 1 heterocycles. The SMILES string of the molecule is C#CCN(C(c1ccc(OC)cc1)c1ccc(C)o1)S(=O)(=O)c1ccc(C)cc1. The molecular weight excluding hydrogens is 386 g/mol. The van der Waals surface area contributed by atoms with Gasteiger partial charge in [-0.2, -0.15) is 4.31 Å². The molecule has 3 aromatic rings. The van der Waals surface area contributed by atoms with E-state index in [0.717, 1.165) is 11.1 Å². The van der Waals surface area contributed by atoms with Crippen molar-refractivity contribution in [3.63, 3.8) is 0 Å². The van der Waals surface area contributed by atoms with E-state index in [9.17, 15) is 8.42 Å². The lowest BCUT2D eigenvalue weighted by molar-refractivity contribution is 0.335. The number of hydrogen-bond donors (Lipinski definition) is 0. The second kappa shape index (κ2) is 8.56. The number of hydrogen-bond acceptors (Lipinski definition) is 4. The van der Waals surface area contributed by atoms with Gasteiger partial charge in [0.15, 0.2) is 0 Å². The minimum absolute atomic E-state index is 0.105. The number of ether oxygens (including phenoxy) is 1. The summed E-state index contributed by atoms with van der Waals surface area (Å²) < 4.78 is 39.4. The van der Waals surface area contributed by atoms with Crippen LogP contribution in [-0.4, -0.2) is 26.4 Å². The minimum atomic E-state index is -3.88. The maximum atomic E-state index is 13.5. The van der Waals surface area contributed by atoms with Crippen molar-refractivity contribution in [3.05, 3.63) is 83.3 Å². The fraction of sp³-hybridized carbons (Fsp3) is 0.217. The first-order valence-electron chi connectivity index (χ1n) is 9.09. The fourth-order valence-corrected chi connectivity index (χ4v) is 4.61.